The van der Waals surface area contributed by atoms with Gasteiger partial charge in [-0.15, -0.1) is 0 Å². The number of urea groups is 1. The van der Waals surface area contributed by atoms with Gasteiger partial charge in [-0.25, -0.2) is 9.78 Å². The first-order valence-corrected chi connectivity index (χ1v) is 9.40. The molecule has 0 unspecified atom stereocenters. The van der Waals surface area contributed by atoms with Crippen LogP contribution >= 0.6 is 0 Å². The number of benzene rings is 1. The van der Waals surface area contributed by atoms with Crippen molar-refractivity contribution in [3.8, 4) is 11.8 Å². The average molecular weight is 359 g/mol. The fourth-order valence-electron chi connectivity index (χ4n) is 3.04. The van der Waals surface area contributed by atoms with Crippen LogP contribution in [0.15, 0.2) is 60.2 Å². The van der Waals surface area contributed by atoms with E-state index >= 15 is 0 Å². The van der Waals surface area contributed by atoms with Gasteiger partial charge in [0.25, 0.3) is 0 Å². The molecule has 1 aromatic carbocycles. The number of likely N-dealkylation sites (tertiary alicyclic amines) is 1. The molecule has 1 aliphatic rings. The van der Waals surface area contributed by atoms with Gasteiger partial charge >= 0.3 is 6.03 Å². The summed E-state index contributed by atoms with van der Waals surface area (Å²) in [6.45, 7) is 4.11. The number of carbonyl (C=O) groups excluding carboxylic acids is 1. The first kappa shape index (κ1) is 18.7. The highest BCUT2D eigenvalue weighted by Crippen LogP contribution is 2.15. The Hall–Kier alpha value is -3.06. The summed E-state index contributed by atoms with van der Waals surface area (Å²) in [5.41, 5.74) is 4.30. The Morgan fingerprint density at radius 2 is 1.93 bits per heavy atom. The molecule has 3 rings (SSSR count). The number of amides is 2. The van der Waals surface area contributed by atoms with E-state index in [1.54, 1.807) is 0 Å². The highest BCUT2D eigenvalue weighted by atomic mass is 16.2. The van der Waals surface area contributed by atoms with E-state index in [1.165, 1.54) is 11.1 Å². The van der Waals surface area contributed by atoms with Crippen LogP contribution < -0.4 is 5.32 Å². The topological polar surface area (TPSA) is 45.2 Å². The van der Waals surface area contributed by atoms with E-state index in [1.807, 2.05) is 54.3 Å². The molecular formula is C23H25N3O. The van der Waals surface area contributed by atoms with Crippen molar-refractivity contribution in [1.29, 1.82) is 0 Å². The predicted molar refractivity (Wildman–Crippen MR) is 108 cm³/mol. The quantitative estimate of drug-likeness (QED) is 0.849. The average Bonchev–Trinajstić information content (AvgIpc) is 2.69. The second-order valence-corrected chi connectivity index (χ2v) is 6.69. The first-order chi connectivity index (χ1) is 13.2. The van der Waals surface area contributed by atoms with Crippen LogP contribution in [0.3, 0.4) is 0 Å². The van der Waals surface area contributed by atoms with Gasteiger partial charge in [0.15, 0.2) is 0 Å². The van der Waals surface area contributed by atoms with Crippen LogP contribution in [0.25, 0.3) is 0 Å². The number of nitrogens with one attached hydrogen (secondary N) is 1. The fourth-order valence-corrected chi connectivity index (χ4v) is 3.04. The molecular weight excluding hydrogens is 334 g/mol. The SMILES string of the molecule is Cc1cccc(C#CC=C2CCN(C(=O)NCCc3ccccc3)CC2)n1. The standard InChI is InChI=1S/C23H25N3O/c1-19-7-5-11-22(25-19)12-6-10-21-14-17-26(18-15-21)23(27)24-16-13-20-8-3-2-4-9-20/h2-5,7-11H,13-18H2,1H3,(H,24,27). The minimum Gasteiger partial charge on any atom is -0.338 e. The normalized spacial score (nSPS) is 13.5. The lowest BCUT2D eigenvalue weighted by Gasteiger charge is -2.28. The number of hydrogen-bond acceptors (Lipinski definition) is 2. The van der Waals surface area contributed by atoms with E-state index in [-0.39, 0.29) is 6.03 Å². The third-order valence-electron chi connectivity index (χ3n) is 4.59. The molecule has 0 aliphatic carbocycles. The van der Waals surface area contributed by atoms with Crippen molar-refractivity contribution in [3.63, 3.8) is 0 Å². The molecule has 1 fully saturated rings. The first-order valence-electron chi connectivity index (χ1n) is 9.40. The lowest BCUT2D eigenvalue weighted by molar-refractivity contribution is 0.194. The molecule has 1 aromatic heterocycles. The summed E-state index contributed by atoms with van der Waals surface area (Å²) in [6, 6.07) is 16.1. The molecule has 4 heteroatoms. The van der Waals surface area contributed by atoms with Gasteiger partial charge < -0.3 is 10.2 Å². The van der Waals surface area contributed by atoms with Crippen molar-refractivity contribution in [2.75, 3.05) is 19.6 Å². The Balaban J connectivity index is 1.42. The molecule has 0 radical (unpaired) electrons. The highest BCUT2D eigenvalue weighted by molar-refractivity contribution is 5.74. The Labute approximate surface area is 161 Å². The van der Waals surface area contributed by atoms with Gasteiger partial charge in [0.05, 0.1) is 0 Å². The second-order valence-electron chi connectivity index (χ2n) is 6.69. The smallest absolute Gasteiger partial charge is 0.317 e. The Kier molecular flexibility index (Phi) is 6.65. The zero-order chi connectivity index (χ0) is 18.9. The van der Waals surface area contributed by atoms with Crippen molar-refractivity contribution in [3.05, 3.63) is 77.1 Å². The van der Waals surface area contributed by atoms with E-state index in [0.29, 0.717) is 6.54 Å². The lowest BCUT2D eigenvalue weighted by Crippen LogP contribution is -2.43. The maximum Gasteiger partial charge on any atom is 0.317 e. The highest BCUT2D eigenvalue weighted by Gasteiger charge is 2.18. The summed E-state index contributed by atoms with van der Waals surface area (Å²) in [4.78, 5) is 18.5. The third kappa shape index (κ3) is 6.00. The van der Waals surface area contributed by atoms with E-state index in [2.05, 4.69) is 34.3 Å². The van der Waals surface area contributed by atoms with Gasteiger partial charge in [0.1, 0.15) is 5.69 Å². The lowest BCUT2D eigenvalue weighted by atomic mass is 10.0. The number of carbonyl (C=O) groups is 1. The van der Waals surface area contributed by atoms with Crippen molar-refractivity contribution in [2.45, 2.75) is 26.2 Å². The molecule has 0 bridgehead atoms. The number of pyridine rings is 1. The predicted octanol–water partition coefficient (Wildman–Crippen LogP) is 3.72. The number of aromatic nitrogens is 1. The largest absolute Gasteiger partial charge is 0.338 e. The maximum absolute atomic E-state index is 12.3. The van der Waals surface area contributed by atoms with Gasteiger partial charge in [-0.2, -0.15) is 0 Å². The van der Waals surface area contributed by atoms with Crippen LogP contribution in [0.1, 0.15) is 29.8 Å². The van der Waals surface area contributed by atoms with Crippen molar-refractivity contribution in [2.24, 2.45) is 0 Å². The second kappa shape index (κ2) is 9.59. The summed E-state index contributed by atoms with van der Waals surface area (Å²) in [6.07, 6.45) is 4.59. The summed E-state index contributed by atoms with van der Waals surface area (Å²) < 4.78 is 0. The molecule has 2 heterocycles. The minimum atomic E-state index is 0.0278. The number of nitrogens with zero attached hydrogens (tertiary/aromatic N) is 2. The summed E-state index contributed by atoms with van der Waals surface area (Å²) in [7, 11) is 0. The minimum absolute atomic E-state index is 0.0278. The van der Waals surface area contributed by atoms with Crippen LogP contribution in [0.4, 0.5) is 4.79 Å². The molecule has 1 saturated heterocycles. The van der Waals surface area contributed by atoms with Gasteiger partial charge in [0, 0.05) is 25.3 Å². The van der Waals surface area contributed by atoms with Crippen molar-refractivity contribution in [1.82, 2.24) is 15.2 Å². The molecule has 1 aliphatic heterocycles. The molecule has 2 amide bonds. The van der Waals surface area contributed by atoms with Crippen LogP contribution in [0.5, 0.6) is 0 Å². The number of aryl methyl sites for hydroxylation is 1. The monoisotopic (exact) mass is 359 g/mol. The maximum atomic E-state index is 12.3. The number of rotatable bonds is 3. The van der Waals surface area contributed by atoms with E-state index < -0.39 is 0 Å². The van der Waals surface area contributed by atoms with Crippen LogP contribution in [0, 0.1) is 18.8 Å². The van der Waals surface area contributed by atoms with Crippen molar-refractivity contribution < 1.29 is 4.79 Å². The van der Waals surface area contributed by atoms with Crippen LogP contribution in [-0.4, -0.2) is 35.5 Å². The van der Waals surface area contributed by atoms with Crippen LogP contribution in [-0.2, 0) is 6.42 Å². The molecule has 0 saturated carbocycles. The van der Waals surface area contributed by atoms with Gasteiger partial charge in [-0.05, 0) is 55.9 Å². The molecule has 4 nitrogen and oxygen atoms in total. The Morgan fingerprint density at radius 3 is 2.67 bits per heavy atom. The third-order valence-corrected chi connectivity index (χ3v) is 4.59. The van der Waals surface area contributed by atoms with Crippen LogP contribution in [0.2, 0.25) is 0 Å². The molecule has 0 atom stereocenters. The van der Waals surface area contributed by atoms with Gasteiger partial charge in [0.2, 0.25) is 0 Å². The summed E-state index contributed by atoms with van der Waals surface area (Å²) in [5.74, 6) is 6.18. The van der Waals surface area contributed by atoms with E-state index in [4.69, 9.17) is 0 Å². The fraction of sp³-hybridized carbons (Fsp3) is 0.304. The summed E-state index contributed by atoms with van der Waals surface area (Å²) >= 11 is 0. The molecule has 1 N–H and O–H groups in total. The van der Waals surface area contributed by atoms with Crippen molar-refractivity contribution >= 4 is 6.03 Å². The Bertz CT molecular complexity index is 852. The molecule has 0 spiro atoms. The van der Waals surface area contributed by atoms with Gasteiger partial charge in [-0.1, -0.05) is 47.9 Å². The summed E-state index contributed by atoms with van der Waals surface area (Å²) in [5, 5.41) is 3.02. The number of piperidine rings is 1. The number of hydrogen-bond donors (Lipinski definition) is 1. The number of allylic oxidation sites excluding steroid dienone is 1. The molecule has 27 heavy (non-hydrogen) atoms. The molecule has 138 valence electrons. The van der Waals surface area contributed by atoms with E-state index in [0.717, 1.165) is 43.7 Å². The zero-order valence-corrected chi connectivity index (χ0v) is 15.7. The van der Waals surface area contributed by atoms with Gasteiger partial charge in [-0.3, -0.25) is 0 Å². The molecule has 2 aromatic rings. The Morgan fingerprint density at radius 1 is 1.15 bits per heavy atom. The zero-order valence-electron chi connectivity index (χ0n) is 15.7. The van der Waals surface area contributed by atoms with E-state index in [9.17, 15) is 4.79 Å².